The van der Waals surface area contributed by atoms with Gasteiger partial charge in [-0.25, -0.2) is 4.98 Å². The van der Waals surface area contributed by atoms with Crippen molar-refractivity contribution in [3.05, 3.63) is 16.1 Å². The van der Waals surface area contributed by atoms with Crippen LogP contribution in [0.5, 0.6) is 0 Å². The summed E-state index contributed by atoms with van der Waals surface area (Å²) < 4.78 is 4.92. The van der Waals surface area contributed by atoms with E-state index in [2.05, 4.69) is 17.3 Å². The average Bonchev–Trinajstić information content (AvgIpc) is 2.70. The lowest BCUT2D eigenvalue weighted by molar-refractivity contribution is -0.158. The average molecular weight is 253 g/mol. The molecule has 1 aromatic heterocycles. The number of nitrogens with zero attached hydrogens (tertiary/aromatic N) is 1. The highest BCUT2D eigenvalue weighted by atomic mass is 32.1. The van der Waals surface area contributed by atoms with Crippen molar-refractivity contribution in [1.82, 2.24) is 4.98 Å². The van der Waals surface area contributed by atoms with E-state index in [9.17, 15) is 4.79 Å². The zero-order valence-corrected chi connectivity index (χ0v) is 11.3. The Morgan fingerprint density at radius 2 is 2.35 bits per heavy atom. The zero-order chi connectivity index (χ0) is 12.3. The molecule has 0 unspecified atom stereocenters. The van der Waals surface area contributed by atoms with Crippen LogP contribution >= 0.6 is 11.3 Å². The van der Waals surface area contributed by atoms with Crippen LogP contribution < -0.4 is 0 Å². The van der Waals surface area contributed by atoms with Crippen LogP contribution in [0.1, 0.15) is 43.3 Å². The summed E-state index contributed by atoms with van der Waals surface area (Å²) in [6.07, 6.45) is 5.92. The van der Waals surface area contributed by atoms with Gasteiger partial charge in [0.05, 0.1) is 23.2 Å². The van der Waals surface area contributed by atoms with Gasteiger partial charge in [-0.2, -0.15) is 0 Å². The van der Waals surface area contributed by atoms with E-state index < -0.39 is 0 Å². The molecule has 0 spiro atoms. The Kier molecular flexibility index (Phi) is 3.82. The van der Waals surface area contributed by atoms with Crippen LogP contribution in [-0.4, -0.2) is 18.1 Å². The molecular weight excluding hydrogens is 234 g/mol. The largest absolute Gasteiger partial charge is 0.469 e. The molecule has 3 nitrogen and oxygen atoms in total. The number of ether oxygens (including phenoxy) is 1. The molecule has 0 aromatic carbocycles. The predicted molar refractivity (Wildman–Crippen MR) is 68.1 cm³/mol. The third-order valence-corrected chi connectivity index (χ3v) is 4.42. The molecule has 1 aromatic rings. The number of rotatable bonds is 5. The fraction of sp³-hybridized carbons (Fsp3) is 0.692. The van der Waals surface area contributed by atoms with Crippen molar-refractivity contribution in [2.24, 2.45) is 5.41 Å². The summed E-state index contributed by atoms with van der Waals surface area (Å²) in [4.78, 5) is 16.4. The maximum atomic E-state index is 11.8. The van der Waals surface area contributed by atoms with Crippen LogP contribution in [0.4, 0.5) is 0 Å². The fourth-order valence-electron chi connectivity index (χ4n) is 2.36. The molecule has 1 heterocycles. The molecule has 94 valence electrons. The van der Waals surface area contributed by atoms with E-state index >= 15 is 0 Å². The van der Waals surface area contributed by atoms with Gasteiger partial charge in [0.15, 0.2) is 0 Å². The molecule has 0 saturated heterocycles. The van der Waals surface area contributed by atoms with E-state index in [1.807, 2.05) is 0 Å². The van der Waals surface area contributed by atoms with Crippen LogP contribution in [0, 0.1) is 5.41 Å². The van der Waals surface area contributed by atoms with Crippen LogP contribution in [0.15, 0.2) is 5.38 Å². The first-order valence-corrected chi connectivity index (χ1v) is 7.10. The van der Waals surface area contributed by atoms with Crippen molar-refractivity contribution in [2.45, 2.75) is 45.4 Å². The first-order chi connectivity index (χ1) is 8.20. The molecule has 0 amide bonds. The normalized spacial score (nSPS) is 17.5. The Bertz CT molecular complexity index is 396. The molecule has 17 heavy (non-hydrogen) atoms. The van der Waals surface area contributed by atoms with E-state index in [4.69, 9.17) is 4.74 Å². The lowest BCUT2D eigenvalue weighted by atomic mass is 9.67. The molecule has 0 atom stereocenters. The minimum Gasteiger partial charge on any atom is -0.469 e. The maximum absolute atomic E-state index is 11.8. The van der Waals surface area contributed by atoms with Crippen molar-refractivity contribution in [3.63, 3.8) is 0 Å². The third kappa shape index (κ3) is 2.51. The van der Waals surface area contributed by atoms with Crippen LogP contribution in [-0.2, 0) is 22.4 Å². The second-order valence-corrected chi connectivity index (χ2v) is 5.73. The predicted octanol–water partition coefficient (Wildman–Crippen LogP) is 2.98. The Hall–Kier alpha value is -0.900. The van der Waals surface area contributed by atoms with E-state index in [1.165, 1.54) is 7.11 Å². The van der Waals surface area contributed by atoms with Crippen LogP contribution in [0.2, 0.25) is 0 Å². The Morgan fingerprint density at radius 3 is 2.88 bits per heavy atom. The Balaban J connectivity index is 2.05. The molecule has 1 fully saturated rings. The highest BCUT2D eigenvalue weighted by molar-refractivity contribution is 7.09. The maximum Gasteiger partial charge on any atom is 0.312 e. The monoisotopic (exact) mass is 253 g/mol. The first kappa shape index (κ1) is 12.6. The molecule has 0 aliphatic heterocycles. The lowest BCUT2D eigenvalue weighted by Gasteiger charge is -2.38. The third-order valence-electron chi connectivity index (χ3n) is 3.52. The molecule has 0 radical (unpaired) electrons. The van der Waals surface area contributed by atoms with Gasteiger partial charge < -0.3 is 4.74 Å². The second kappa shape index (κ2) is 5.17. The van der Waals surface area contributed by atoms with Gasteiger partial charge in [0.2, 0.25) is 0 Å². The van der Waals surface area contributed by atoms with Gasteiger partial charge in [-0.3, -0.25) is 4.79 Å². The van der Waals surface area contributed by atoms with Crippen molar-refractivity contribution < 1.29 is 9.53 Å². The van der Waals surface area contributed by atoms with Crippen molar-refractivity contribution in [3.8, 4) is 0 Å². The number of thiazole rings is 1. The van der Waals surface area contributed by atoms with Gasteiger partial charge in [0.1, 0.15) is 0 Å². The van der Waals surface area contributed by atoms with Gasteiger partial charge in [-0.1, -0.05) is 19.8 Å². The van der Waals surface area contributed by atoms with Crippen LogP contribution in [0.25, 0.3) is 0 Å². The number of hydrogen-bond donors (Lipinski definition) is 0. The number of methoxy groups -OCH3 is 1. The van der Waals surface area contributed by atoms with E-state index in [0.717, 1.165) is 49.2 Å². The number of carbonyl (C=O) groups excluding carboxylic acids is 1. The van der Waals surface area contributed by atoms with Crippen molar-refractivity contribution in [1.29, 1.82) is 0 Å². The SMILES string of the molecule is CCCc1csc(CC2(C(=O)OC)CCC2)n1. The summed E-state index contributed by atoms with van der Waals surface area (Å²) in [6.45, 7) is 2.15. The highest BCUT2D eigenvalue weighted by Gasteiger charge is 2.45. The number of aryl methyl sites for hydroxylation is 1. The van der Waals surface area contributed by atoms with Gasteiger partial charge >= 0.3 is 5.97 Å². The smallest absolute Gasteiger partial charge is 0.312 e. The molecule has 1 aliphatic rings. The minimum atomic E-state index is -0.268. The highest BCUT2D eigenvalue weighted by Crippen LogP contribution is 2.45. The summed E-state index contributed by atoms with van der Waals surface area (Å²) in [5.41, 5.74) is 0.891. The lowest BCUT2D eigenvalue weighted by Crippen LogP contribution is -2.40. The van der Waals surface area contributed by atoms with Crippen molar-refractivity contribution in [2.75, 3.05) is 7.11 Å². The minimum absolute atomic E-state index is 0.0593. The van der Waals surface area contributed by atoms with E-state index in [0.29, 0.717) is 0 Å². The quantitative estimate of drug-likeness (QED) is 0.757. The molecule has 1 saturated carbocycles. The summed E-state index contributed by atoms with van der Waals surface area (Å²) in [6, 6.07) is 0. The number of esters is 1. The topological polar surface area (TPSA) is 39.2 Å². The molecule has 4 heteroatoms. The summed E-state index contributed by atoms with van der Waals surface area (Å²) in [5, 5.41) is 3.20. The summed E-state index contributed by atoms with van der Waals surface area (Å²) >= 11 is 1.67. The van der Waals surface area contributed by atoms with E-state index in [1.54, 1.807) is 11.3 Å². The zero-order valence-electron chi connectivity index (χ0n) is 10.5. The number of aromatic nitrogens is 1. The summed E-state index contributed by atoms with van der Waals surface area (Å²) in [7, 11) is 1.48. The van der Waals surface area contributed by atoms with Gasteiger partial charge in [-0.05, 0) is 19.3 Å². The van der Waals surface area contributed by atoms with Crippen LogP contribution in [0.3, 0.4) is 0 Å². The fourth-order valence-corrected chi connectivity index (χ4v) is 3.34. The first-order valence-electron chi connectivity index (χ1n) is 6.22. The molecule has 1 aliphatic carbocycles. The number of carbonyl (C=O) groups is 1. The van der Waals surface area contributed by atoms with Gasteiger partial charge in [0, 0.05) is 11.8 Å². The standard InChI is InChI=1S/C13H19NO2S/c1-3-5-10-9-17-11(14-10)8-13(6-4-7-13)12(15)16-2/h9H,3-8H2,1-2H3. The van der Waals surface area contributed by atoms with Gasteiger partial charge in [0.25, 0.3) is 0 Å². The molecule has 2 rings (SSSR count). The number of hydrogen-bond acceptors (Lipinski definition) is 4. The second-order valence-electron chi connectivity index (χ2n) is 4.78. The van der Waals surface area contributed by atoms with Gasteiger partial charge in [-0.15, -0.1) is 11.3 Å². The molecule has 0 bridgehead atoms. The Labute approximate surface area is 106 Å². The molecular formula is C13H19NO2S. The molecule has 0 N–H and O–H groups in total. The Morgan fingerprint density at radius 1 is 1.59 bits per heavy atom. The summed E-state index contributed by atoms with van der Waals surface area (Å²) in [5.74, 6) is -0.0593. The van der Waals surface area contributed by atoms with E-state index in [-0.39, 0.29) is 11.4 Å². The van der Waals surface area contributed by atoms with Crippen molar-refractivity contribution >= 4 is 17.3 Å².